The summed E-state index contributed by atoms with van der Waals surface area (Å²) in [7, 11) is 0. The number of carbonyl (C=O) groups excluding carboxylic acids is 1. The van der Waals surface area contributed by atoms with E-state index in [2.05, 4.69) is 10.2 Å². The van der Waals surface area contributed by atoms with Crippen molar-refractivity contribution in [2.75, 3.05) is 6.54 Å². The van der Waals surface area contributed by atoms with Crippen molar-refractivity contribution in [2.24, 2.45) is 5.92 Å². The minimum absolute atomic E-state index is 0.0257. The molecule has 0 bridgehead atoms. The Morgan fingerprint density at radius 2 is 1.94 bits per heavy atom. The second-order valence-electron chi connectivity index (χ2n) is 4.62. The Morgan fingerprint density at radius 1 is 1.22 bits per heavy atom. The summed E-state index contributed by atoms with van der Waals surface area (Å²) in [5.41, 5.74) is 0. The highest BCUT2D eigenvalue weighted by Gasteiger charge is 2.41. The summed E-state index contributed by atoms with van der Waals surface area (Å²) in [4.78, 5) is 13.4. The van der Waals surface area contributed by atoms with Gasteiger partial charge in [0.25, 0.3) is 0 Å². The molecule has 1 amide bonds. The molecule has 1 aliphatic heterocycles. The summed E-state index contributed by atoms with van der Waals surface area (Å²) < 4.78 is 38.8. The van der Waals surface area contributed by atoms with Gasteiger partial charge in [-0.15, -0.1) is 10.2 Å². The van der Waals surface area contributed by atoms with Crippen LogP contribution in [0.3, 0.4) is 0 Å². The van der Waals surface area contributed by atoms with Gasteiger partial charge in [0.05, 0.1) is 6.54 Å². The van der Waals surface area contributed by atoms with E-state index in [4.69, 9.17) is 0 Å². The number of hydrogen-bond acceptors (Lipinski definition) is 3. The fraction of sp³-hybridized carbons (Fsp3) is 0.700. The maximum Gasteiger partial charge on any atom is 0.451 e. The van der Waals surface area contributed by atoms with E-state index < -0.39 is 12.0 Å². The molecule has 0 atom stereocenters. The van der Waals surface area contributed by atoms with E-state index in [1.807, 2.05) is 0 Å². The number of fused-ring (bicyclic) bond motifs is 1. The van der Waals surface area contributed by atoms with Gasteiger partial charge >= 0.3 is 6.18 Å². The molecule has 0 aromatic carbocycles. The Bertz CT molecular complexity index is 492. The first-order valence-electron chi connectivity index (χ1n) is 5.75. The molecule has 1 aromatic rings. The fourth-order valence-corrected chi connectivity index (χ4v) is 2.14. The highest BCUT2D eigenvalue weighted by Crippen LogP contribution is 2.33. The lowest BCUT2D eigenvalue weighted by molar-refractivity contribution is -0.148. The quantitative estimate of drug-likeness (QED) is 0.758. The highest BCUT2D eigenvalue weighted by molar-refractivity contribution is 5.81. The molecule has 5 nitrogen and oxygen atoms in total. The number of halogens is 3. The van der Waals surface area contributed by atoms with Gasteiger partial charge in [0.15, 0.2) is 5.82 Å². The molecular formula is C10H11F3N4O. The van der Waals surface area contributed by atoms with Crippen LogP contribution in [0.1, 0.15) is 24.5 Å². The maximum atomic E-state index is 12.6. The number of amides is 1. The standard InChI is InChI=1S/C10H11F3N4O/c11-10(12,13)9-15-14-7-5-16(3-4-17(7)9)8(18)6-1-2-6/h6H,1-5H2. The highest BCUT2D eigenvalue weighted by atomic mass is 19.4. The smallest absolute Gasteiger partial charge is 0.333 e. The van der Waals surface area contributed by atoms with Crippen LogP contribution in [-0.2, 0) is 24.1 Å². The molecule has 1 aromatic heterocycles. The van der Waals surface area contributed by atoms with E-state index >= 15 is 0 Å². The zero-order valence-electron chi connectivity index (χ0n) is 9.44. The second kappa shape index (κ2) is 3.69. The van der Waals surface area contributed by atoms with Gasteiger partial charge < -0.3 is 9.47 Å². The van der Waals surface area contributed by atoms with E-state index in [9.17, 15) is 18.0 Å². The van der Waals surface area contributed by atoms with Gasteiger partial charge in [0.2, 0.25) is 11.7 Å². The number of hydrogen-bond donors (Lipinski definition) is 0. The Labute approximate surface area is 101 Å². The van der Waals surface area contributed by atoms with Crippen LogP contribution in [0.15, 0.2) is 0 Å². The number of alkyl halides is 3. The first-order valence-corrected chi connectivity index (χ1v) is 5.75. The molecular weight excluding hydrogens is 249 g/mol. The average molecular weight is 260 g/mol. The Kier molecular flexibility index (Phi) is 2.36. The second-order valence-corrected chi connectivity index (χ2v) is 4.62. The Morgan fingerprint density at radius 3 is 2.56 bits per heavy atom. The van der Waals surface area contributed by atoms with Crippen molar-refractivity contribution in [2.45, 2.75) is 32.1 Å². The van der Waals surface area contributed by atoms with E-state index in [0.717, 1.165) is 17.4 Å². The lowest BCUT2D eigenvalue weighted by Gasteiger charge is -2.28. The summed E-state index contributed by atoms with van der Waals surface area (Å²) in [5.74, 6) is -0.669. The maximum absolute atomic E-state index is 12.6. The van der Waals surface area contributed by atoms with Crippen molar-refractivity contribution in [3.63, 3.8) is 0 Å². The molecule has 3 rings (SSSR count). The largest absolute Gasteiger partial charge is 0.451 e. The molecule has 0 saturated heterocycles. The van der Waals surface area contributed by atoms with Gasteiger partial charge in [-0.1, -0.05) is 0 Å². The van der Waals surface area contributed by atoms with Gasteiger partial charge in [-0.05, 0) is 12.8 Å². The van der Waals surface area contributed by atoms with Crippen LogP contribution in [0, 0.1) is 5.92 Å². The fourth-order valence-electron chi connectivity index (χ4n) is 2.14. The van der Waals surface area contributed by atoms with Crippen molar-refractivity contribution in [1.29, 1.82) is 0 Å². The van der Waals surface area contributed by atoms with Crippen molar-refractivity contribution in [3.05, 3.63) is 11.6 Å². The first-order chi connectivity index (χ1) is 8.47. The predicted molar refractivity (Wildman–Crippen MR) is 53.2 cm³/mol. The van der Waals surface area contributed by atoms with Crippen molar-refractivity contribution in [3.8, 4) is 0 Å². The Hall–Kier alpha value is -1.60. The number of rotatable bonds is 1. The molecule has 1 aliphatic carbocycles. The minimum atomic E-state index is -4.49. The van der Waals surface area contributed by atoms with Gasteiger partial charge in [0, 0.05) is 19.0 Å². The van der Waals surface area contributed by atoms with Crippen molar-refractivity contribution in [1.82, 2.24) is 19.7 Å². The van der Waals surface area contributed by atoms with E-state index in [1.165, 1.54) is 0 Å². The number of carbonyl (C=O) groups is 1. The van der Waals surface area contributed by atoms with E-state index in [-0.39, 0.29) is 30.7 Å². The summed E-state index contributed by atoms with van der Waals surface area (Å²) >= 11 is 0. The zero-order valence-corrected chi connectivity index (χ0v) is 9.44. The summed E-state index contributed by atoms with van der Waals surface area (Å²) in [5, 5.41) is 6.71. The Balaban J connectivity index is 1.82. The van der Waals surface area contributed by atoms with Gasteiger partial charge in [-0.3, -0.25) is 4.79 Å². The van der Waals surface area contributed by atoms with Gasteiger partial charge in [-0.25, -0.2) is 0 Å². The van der Waals surface area contributed by atoms with E-state index in [0.29, 0.717) is 6.54 Å². The molecule has 0 radical (unpaired) electrons. The van der Waals surface area contributed by atoms with Gasteiger partial charge in [0.1, 0.15) is 0 Å². The lowest BCUT2D eigenvalue weighted by Crippen LogP contribution is -2.40. The molecule has 2 heterocycles. The summed E-state index contributed by atoms with van der Waals surface area (Å²) in [6, 6.07) is 0. The minimum Gasteiger partial charge on any atom is -0.333 e. The third kappa shape index (κ3) is 1.85. The van der Waals surface area contributed by atoms with Crippen LogP contribution in [0.2, 0.25) is 0 Å². The van der Waals surface area contributed by atoms with Crippen LogP contribution < -0.4 is 0 Å². The normalized spacial score (nSPS) is 19.8. The van der Waals surface area contributed by atoms with Crippen LogP contribution in [0.5, 0.6) is 0 Å². The average Bonchev–Trinajstić information content (AvgIpc) is 3.05. The van der Waals surface area contributed by atoms with Crippen LogP contribution in [-0.4, -0.2) is 32.1 Å². The monoisotopic (exact) mass is 260 g/mol. The predicted octanol–water partition coefficient (Wildman–Crippen LogP) is 1.05. The van der Waals surface area contributed by atoms with Crippen LogP contribution >= 0.6 is 0 Å². The third-order valence-electron chi connectivity index (χ3n) is 3.25. The molecule has 1 fully saturated rings. The molecule has 0 spiro atoms. The summed E-state index contributed by atoms with van der Waals surface area (Å²) in [6.07, 6.45) is -2.72. The van der Waals surface area contributed by atoms with Gasteiger partial charge in [-0.2, -0.15) is 13.2 Å². The van der Waals surface area contributed by atoms with Crippen LogP contribution in [0.4, 0.5) is 13.2 Å². The molecule has 2 aliphatic rings. The van der Waals surface area contributed by atoms with Crippen LogP contribution in [0.25, 0.3) is 0 Å². The summed E-state index contributed by atoms with van der Waals surface area (Å²) in [6.45, 7) is 0.525. The molecule has 8 heteroatoms. The molecule has 0 unspecified atom stereocenters. The molecule has 1 saturated carbocycles. The SMILES string of the molecule is O=C(C1CC1)N1CCn2c(nnc2C(F)(F)F)C1. The lowest BCUT2D eigenvalue weighted by atomic mass is 10.3. The van der Waals surface area contributed by atoms with Crippen molar-refractivity contribution < 1.29 is 18.0 Å². The molecule has 18 heavy (non-hydrogen) atoms. The number of aromatic nitrogens is 3. The first kappa shape index (κ1) is 11.5. The molecule has 98 valence electrons. The molecule has 0 N–H and O–H groups in total. The third-order valence-corrected chi connectivity index (χ3v) is 3.25. The number of nitrogens with zero attached hydrogens (tertiary/aromatic N) is 4. The zero-order chi connectivity index (χ0) is 12.9. The topological polar surface area (TPSA) is 51.0 Å². The van der Waals surface area contributed by atoms with E-state index in [1.54, 1.807) is 4.90 Å². The van der Waals surface area contributed by atoms with Crippen molar-refractivity contribution >= 4 is 5.91 Å².